The lowest BCUT2D eigenvalue weighted by atomic mass is 10.2. The number of nitrogens with zero attached hydrogens (tertiary/aromatic N) is 1. The van der Waals surface area contributed by atoms with Gasteiger partial charge in [-0.1, -0.05) is 0 Å². The standard InChI is InChI=1S/C8H5ClF3NO2/c1-15-8-5(7(11)12)3(10)2-4(13-8)6(9)14/h2,7H,1H3. The Morgan fingerprint density at radius 2 is 2.20 bits per heavy atom. The molecule has 0 radical (unpaired) electrons. The van der Waals surface area contributed by atoms with Gasteiger partial charge in [0, 0.05) is 6.07 Å². The van der Waals surface area contributed by atoms with Crippen LogP contribution in [0.2, 0.25) is 0 Å². The van der Waals surface area contributed by atoms with Crippen molar-refractivity contribution in [2.45, 2.75) is 6.43 Å². The van der Waals surface area contributed by atoms with Crippen LogP contribution >= 0.6 is 11.6 Å². The van der Waals surface area contributed by atoms with Crippen LogP contribution in [0.3, 0.4) is 0 Å². The van der Waals surface area contributed by atoms with Crippen molar-refractivity contribution in [3.63, 3.8) is 0 Å². The molecule has 0 aromatic carbocycles. The summed E-state index contributed by atoms with van der Waals surface area (Å²) in [7, 11) is 1.04. The Balaban J connectivity index is 3.37. The number of ether oxygens (including phenoxy) is 1. The molecule has 0 atom stereocenters. The molecule has 15 heavy (non-hydrogen) atoms. The number of hydrogen-bond donors (Lipinski definition) is 0. The van der Waals surface area contributed by atoms with E-state index in [4.69, 9.17) is 11.6 Å². The highest BCUT2D eigenvalue weighted by Crippen LogP contribution is 2.30. The molecule has 0 saturated carbocycles. The summed E-state index contributed by atoms with van der Waals surface area (Å²) in [5.74, 6) is -1.92. The third-order valence-electron chi connectivity index (χ3n) is 1.59. The maximum atomic E-state index is 13.1. The van der Waals surface area contributed by atoms with Crippen molar-refractivity contribution in [1.82, 2.24) is 4.98 Å². The highest BCUT2D eigenvalue weighted by Gasteiger charge is 2.23. The minimum Gasteiger partial charge on any atom is -0.481 e. The number of alkyl halides is 2. The molecular weight excluding hydrogens is 235 g/mol. The predicted molar refractivity (Wildman–Crippen MR) is 45.9 cm³/mol. The molecule has 0 aliphatic heterocycles. The van der Waals surface area contributed by atoms with Crippen LogP contribution in [0.4, 0.5) is 13.2 Å². The molecule has 0 bridgehead atoms. The minimum atomic E-state index is -3.08. The van der Waals surface area contributed by atoms with Gasteiger partial charge in [0.1, 0.15) is 17.1 Å². The number of hydrogen-bond acceptors (Lipinski definition) is 3. The summed E-state index contributed by atoms with van der Waals surface area (Å²) in [5, 5.41) is -1.05. The number of aromatic nitrogens is 1. The molecule has 7 heteroatoms. The maximum absolute atomic E-state index is 13.1. The van der Waals surface area contributed by atoms with Crippen LogP contribution < -0.4 is 4.74 Å². The van der Waals surface area contributed by atoms with E-state index in [1.165, 1.54) is 0 Å². The van der Waals surface area contributed by atoms with Gasteiger partial charge in [0.05, 0.1) is 7.11 Å². The molecule has 0 spiro atoms. The number of carbonyl (C=O) groups is 1. The van der Waals surface area contributed by atoms with Gasteiger partial charge in [0.25, 0.3) is 11.7 Å². The Hall–Kier alpha value is -1.30. The first-order valence-electron chi connectivity index (χ1n) is 3.69. The van der Waals surface area contributed by atoms with Crippen LogP contribution in [-0.4, -0.2) is 17.3 Å². The zero-order chi connectivity index (χ0) is 11.6. The molecule has 1 heterocycles. The average Bonchev–Trinajstić information content (AvgIpc) is 2.15. The molecule has 0 fully saturated rings. The van der Waals surface area contributed by atoms with E-state index in [0.29, 0.717) is 6.07 Å². The molecule has 0 unspecified atom stereocenters. The Bertz CT molecular complexity index is 398. The van der Waals surface area contributed by atoms with E-state index in [9.17, 15) is 18.0 Å². The van der Waals surface area contributed by atoms with Crippen molar-refractivity contribution < 1.29 is 22.7 Å². The van der Waals surface area contributed by atoms with Gasteiger partial charge in [0.15, 0.2) is 0 Å². The first-order chi connectivity index (χ1) is 6.97. The maximum Gasteiger partial charge on any atom is 0.271 e. The first kappa shape index (κ1) is 11.8. The lowest BCUT2D eigenvalue weighted by Gasteiger charge is -2.08. The lowest BCUT2D eigenvalue weighted by Crippen LogP contribution is -2.04. The van der Waals surface area contributed by atoms with Crippen LogP contribution in [0.5, 0.6) is 5.88 Å². The van der Waals surface area contributed by atoms with Crippen molar-refractivity contribution in [1.29, 1.82) is 0 Å². The SMILES string of the molecule is COc1nc(C(=O)Cl)cc(F)c1C(F)F. The van der Waals surface area contributed by atoms with Crippen LogP contribution in [-0.2, 0) is 0 Å². The van der Waals surface area contributed by atoms with E-state index < -0.39 is 34.6 Å². The lowest BCUT2D eigenvalue weighted by molar-refractivity contribution is 0.107. The Morgan fingerprint density at radius 1 is 1.60 bits per heavy atom. The number of rotatable bonds is 3. The summed E-state index contributed by atoms with van der Waals surface area (Å²) >= 11 is 5.02. The van der Waals surface area contributed by atoms with Crippen molar-refractivity contribution in [3.05, 3.63) is 23.1 Å². The Morgan fingerprint density at radius 3 is 2.60 bits per heavy atom. The largest absolute Gasteiger partial charge is 0.481 e. The average molecular weight is 240 g/mol. The van der Waals surface area contributed by atoms with E-state index in [1.807, 2.05) is 0 Å². The molecule has 82 valence electrons. The predicted octanol–water partition coefficient (Wildman–Crippen LogP) is 2.55. The number of methoxy groups -OCH3 is 1. The fourth-order valence-corrected chi connectivity index (χ4v) is 1.05. The van der Waals surface area contributed by atoms with Gasteiger partial charge in [-0.3, -0.25) is 4.79 Å². The molecule has 0 amide bonds. The molecule has 0 aliphatic carbocycles. The minimum absolute atomic E-state index is 0.476. The van der Waals surface area contributed by atoms with Gasteiger partial charge in [-0.25, -0.2) is 18.2 Å². The summed E-state index contributed by atoms with van der Waals surface area (Å²) in [6, 6.07) is 0.541. The van der Waals surface area contributed by atoms with Crippen LogP contribution in [0.15, 0.2) is 6.07 Å². The van der Waals surface area contributed by atoms with Crippen molar-refractivity contribution in [2.24, 2.45) is 0 Å². The van der Waals surface area contributed by atoms with E-state index in [1.54, 1.807) is 0 Å². The number of carbonyl (C=O) groups excluding carboxylic acids is 1. The monoisotopic (exact) mass is 239 g/mol. The highest BCUT2D eigenvalue weighted by molar-refractivity contribution is 6.67. The van der Waals surface area contributed by atoms with E-state index in [2.05, 4.69) is 9.72 Å². The fraction of sp³-hybridized carbons (Fsp3) is 0.250. The smallest absolute Gasteiger partial charge is 0.271 e. The summed E-state index contributed by atoms with van der Waals surface area (Å²) in [4.78, 5) is 14.0. The van der Waals surface area contributed by atoms with E-state index >= 15 is 0 Å². The van der Waals surface area contributed by atoms with E-state index in [-0.39, 0.29) is 0 Å². The van der Waals surface area contributed by atoms with Crippen molar-refractivity contribution in [3.8, 4) is 5.88 Å². The zero-order valence-electron chi connectivity index (χ0n) is 7.43. The topological polar surface area (TPSA) is 39.2 Å². The first-order valence-corrected chi connectivity index (χ1v) is 4.07. The summed E-state index contributed by atoms with van der Waals surface area (Å²) in [6.45, 7) is 0. The number of pyridine rings is 1. The van der Waals surface area contributed by atoms with Crippen LogP contribution in [0, 0.1) is 5.82 Å². The molecule has 0 saturated heterocycles. The summed E-state index contributed by atoms with van der Waals surface area (Å²) in [5.41, 5.74) is -1.46. The van der Waals surface area contributed by atoms with Crippen LogP contribution in [0.25, 0.3) is 0 Å². The van der Waals surface area contributed by atoms with Gasteiger partial charge in [0.2, 0.25) is 5.88 Å². The second-order valence-corrected chi connectivity index (χ2v) is 2.83. The Labute approximate surface area is 87.8 Å². The van der Waals surface area contributed by atoms with E-state index in [0.717, 1.165) is 7.11 Å². The normalized spacial score (nSPS) is 10.5. The molecule has 1 rings (SSSR count). The molecule has 1 aromatic heterocycles. The molecule has 0 N–H and O–H groups in total. The van der Waals surface area contributed by atoms with Gasteiger partial charge < -0.3 is 4.74 Å². The summed E-state index contributed by atoms with van der Waals surface area (Å²) < 4.78 is 42.2. The molecule has 3 nitrogen and oxygen atoms in total. The summed E-state index contributed by atoms with van der Waals surface area (Å²) in [6.07, 6.45) is -3.08. The molecular formula is C8H5ClF3NO2. The van der Waals surface area contributed by atoms with Crippen molar-refractivity contribution in [2.75, 3.05) is 7.11 Å². The molecule has 0 aliphatic rings. The van der Waals surface area contributed by atoms with Crippen LogP contribution in [0.1, 0.15) is 22.5 Å². The third kappa shape index (κ3) is 2.38. The second kappa shape index (κ2) is 4.48. The zero-order valence-corrected chi connectivity index (χ0v) is 8.19. The highest BCUT2D eigenvalue weighted by atomic mass is 35.5. The fourth-order valence-electron chi connectivity index (χ4n) is 0.956. The van der Waals surface area contributed by atoms with Gasteiger partial charge in [-0.2, -0.15) is 0 Å². The molecule has 1 aromatic rings. The van der Waals surface area contributed by atoms with Gasteiger partial charge in [-0.15, -0.1) is 0 Å². The third-order valence-corrected chi connectivity index (χ3v) is 1.78. The van der Waals surface area contributed by atoms with Gasteiger partial charge >= 0.3 is 0 Å². The quantitative estimate of drug-likeness (QED) is 0.761. The number of halogens is 4. The Kier molecular flexibility index (Phi) is 3.52. The second-order valence-electron chi connectivity index (χ2n) is 2.49. The van der Waals surface area contributed by atoms with Crippen molar-refractivity contribution >= 4 is 16.8 Å². The van der Waals surface area contributed by atoms with Gasteiger partial charge in [-0.05, 0) is 11.6 Å².